The molecule has 4 atom stereocenters. The Kier molecular flexibility index (Phi) is 11.6. The topological polar surface area (TPSA) is 258 Å². The molecule has 0 aliphatic rings. The number of carboxylic acids is 2. The molecule has 0 radical (unpaired) electrons. The van der Waals surface area contributed by atoms with Crippen molar-refractivity contribution in [1.29, 1.82) is 0 Å². The SMILES string of the molecule is NCCCCC(NC(=O)C(Cc1cnc[nH]1)NC(=O)C(N)Cc1c[nH]c2ccccc12)C(=O)NC(CC(=O)O)C(=O)O. The fourth-order valence-electron chi connectivity index (χ4n) is 4.42. The number of benzene rings is 1. The molecule has 2 heterocycles. The summed E-state index contributed by atoms with van der Waals surface area (Å²) in [5.41, 5.74) is 14.0. The molecule has 3 amide bonds. The average molecular weight is 585 g/mol. The summed E-state index contributed by atoms with van der Waals surface area (Å²) in [6.07, 6.45) is 5.03. The van der Waals surface area contributed by atoms with Crippen molar-refractivity contribution in [2.45, 2.75) is 62.7 Å². The van der Waals surface area contributed by atoms with Gasteiger partial charge in [-0.1, -0.05) is 18.2 Å². The van der Waals surface area contributed by atoms with Crippen molar-refractivity contribution in [2.75, 3.05) is 6.54 Å². The van der Waals surface area contributed by atoms with Gasteiger partial charge >= 0.3 is 11.9 Å². The van der Waals surface area contributed by atoms with Crippen LogP contribution in [0, 0.1) is 0 Å². The summed E-state index contributed by atoms with van der Waals surface area (Å²) in [7, 11) is 0. The Hall–Kier alpha value is -4.76. The number of nitrogens with two attached hydrogens (primary N) is 2. The van der Waals surface area contributed by atoms with Gasteiger partial charge < -0.3 is 47.6 Å². The van der Waals surface area contributed by atoms with Gasteiger partial charge in [0.25, 0.3) is 0 Å². The van der Waals surface area contributed by atoms with E-state index in [4.69, 9.17) is 16.6 Å². The molecule has 15 heteroatoms. The minimum Gasteiger partial charge on any atom is -0.481 e. The van der Waals surface area contributed by atoms with Crippen molar-refractivity contribution >= 4 is 40.6 Å². The van der Waals surface area contributed by atoms with Crippen LogP contribution in [0.25, 0.3) is 10.9 Å². The van der Waals surface area contributed by atoms with E-state index >= 15 is 0 Å². The number of aromatic nitrogens is 3. The van der Waals surface area contributed by atoms with Gasteiger partial charge in [0.05, 0.1) is 18.8 Å². The van der Waals surface area contributed by atoms with Gasteiger partial charge in [-0.15, -0.1) is 0 Å². The van der Waals surface area contributed by atoms with Crippen molar-refractivity contribution in [3.8, 4) is 0 Å². The first-order valence-corrected chi connectivity index (χ1v) is 13.4. The summed E-state index contributed by atoms with van der Waals surface area (Å²) >= 11 is 0. The lowest BCUT2D eigenvalue weighted by atomic mass is 10.0. The van der Waals surface area contributed by atoms with E-state index in [-0.39, 0.29) is 19.3 Å². The van der Waals surface area contributed by atoms with E-state index in [0.717, 1.165) is 16.5 Å². The Morgan fingerprint density at radius 3 is 2.24 bits per heavy atom. The number of nitrogens with zero attached hydrogens (tertiary/aromatic N) is 1. The maximum atomic E-state index is 13.4. The lowest BCUT2D eigenvalue weighted by molar-refractivity contribution is -0.147. The van der Waals surface area contributed by atoms with Crippen LogP contribution in [0.3, 0.4) is 0 Å². The Bertz CT molecular complexity index is 1370. The highest BCUT2D eigenvalue weighted by Crippen LogP contribution is 2.19. The Labute approximate surface area is 240 Å². The number of nitrogens with one attached hydrogen (secondary N) is 5. The summed E-state index contributed by atoms with van der Waals surface area (Å²) < 4.78 is 0. The number of carbonyl (C=O) groups is 5. The Morgan fingerprint density at radius 1 is 0.881 bits per heavy atom. The third-order valence-electron chi connectivity index (χ3n) is 6.64. The normalized spacial score (nSPS) is 14.0. The summed E-state index contributed by atoms with van der Waals surface area (Å²) in [5, 5.41) is 26.6. The van der Waals surface area contributed by atoms with Crippen molar-refractivity contribution in [3.05, 3.63) is 54.2 Å². The Morgan fingerprint density at radius 2 is 1.57 bits per heavy atom. The molecule has 11 N–H and O–H groups in total. The van der Waals surface area contributed by atoms with Crippen LogP contribution in [-0.2, 0) is 36.8 Å². The first-order valence-electron chi connectivity index (χ1n) is 13.4. The highest BCUT2D eigenvalue weighted by molar-refractivity contribution is 5.95. The molecule has 0 spiro atoms. The molecule has 3 aromatic rings. The first kappa shape index (κ1) is 31.8. The molecule has 226 valence electrons. The van der Waals surface area contributed by atoms with Gasteiger partial charge in [0, 0.05) is 35.4 Å². The van der Waals surface area contributed by atoms with Crippen LogP contribution in [0.5, 0.6) is 0 Å². The monoisotopic (exact) mass is 584 g/mol. The molecule has 0 aliphatic heterocycles. The summed E-state index contributed by atoms with van der Waals surface area (Å²) in [4.78, 5) is 72.0. The van der Waals surface area contributed by atoms with Crippen LogP contribution in [0.15, 0.2) is 43.0 Å². The van der Waals surface area contributed by atoms with Gasteiger partial charge in [-0.3, -0.25) is 19.2 Å². The fourth-order valence-corrected chi connectivity index (χ4v) is 4.42. The third-order valence-corrected chi connectivity index (χ3v) is 6.64. The highest BCUT2D eigenvalue weighted by Gasteiger charge is 2.31. The summed E-state index contributed by atoms with van der Waals surface area (Å²) in [5.74, 6) is -5.16. The largest absolute Gasteiger partial charge is 0.481 e. The van der Waals surface area contributed by atoms with E-state index in [1.165, 1.54) is 12.5 Å². The van der Waals surface area contributed by atoms with Crippen molar-refractivity contribution < 1.29 is 34.2 Å². The number of hydrogen-bond acceptors (Lipinski definition) is 8. The molecule has 0 bridgehead atoms. The molecule has 0 saturated heterocycles. The van der Waals surface area contributed by atoms with E-state index in [2.05, 4.69) is 30.9 Å². The molecule has 1 aromatic carbocycles. The van der Waals surface area contributed by atoms with Crippen LogP contribution >= 0.6 is 0 Å². The van der Waals surface area contributed by atoms with Crippen molar-refractivity contribution in [2.24, 2.45) is 11.5 Å². The minimum atomic E-state index is -1.70. The van der Waals surface area contributed by atoms with Crippen LogP contribution in [0.4, 0.5) is 0 Å². The second-order valence-electron chi connectivity index (χ2n) is 9.86. The van der Waals surface area contributed by atoms with E-state index in [1.807, 2.05) is 24.3 Å². The van der Waals surface area contributed by atoms with Gasteiger partial charge in [0.1, 0.15) is 18.1 Å². The number of para-hydroxylation sites is 1. The molecule has 0 saturated carbocycles. The van der Waals surface area contributed by atoms with Gasteiger partial charge in [-0.05, 0) is 43.9 Å². The van der Waals surface area contributed by atoms with Crippen molar-refractivity contribution in [1.82, 2.24) is 30.9 Å². The van der Waals surface area contributed by atoms with E-state index < -0.39 is 60.2 Å². The lowest BCUT2D eigenvalue weighted by Gasteiger charge is -2.25. The standard InChI is InChI=1S/C27H36N8O7/c28-8-4-3-7-20(25(39)35-22(27(41)42)11-23(36)37)33-26(40)21(10-16-13-30-14-32-16)34-24(38)18(29)9-15-12-31-19-6-2-1-5-17(15)19/h1-2,5-6,12-14,18,20-22,31H,3-4,7-11,28-29H2,(H,30,32)(H,33,40)(H,34,38)(H,35,39)(H,36,37)(H,41,42). The van der Waals surface area contributed by atoms with Gasteiger partial charge in [-0.2, -0.15) is 0 Å². The molecule has 15 nitrogen and oxygen atoms in total. The molecule has 3 rings (SSSR count). The maximum absolute atomic E-state index is 13.4. The smallest absolute Gasteiger partial charge is 0.326 e. The van der Waals surface area contributed by atoms with Crippen LogP contribution in [-0.4, -0.2) is 85.5 Å². The number of imidazole rings is 1. The van der Waals surface area contributed by atoms with E-state index in [1.54, 1.807) is 6.20 Å². The summed E-state index contributed by atoms with van der Waals surface area (Å²) in [6.45, 7) is 0.325. The van der Waals surface area contributed by atoms with E-state index in [0.29, 0.717) is 25.1 Å². The van der Waals surface area contributed by atoms with Gasteiger partial charge in [0.2, 0.25) is 17.7 Å². The minimum absolute atomic E-state index is 0.00865. The number of fused-ring (bicyclic) bond motifs is 1. The molecule has 0 aliphatic carbocycles. The fraction of sp³-hybridized carbons (Fsp3) is 0.407. The quantitative estimate of drug-likeness (QED) is 0.0887. The molecule has 2 aromatic heterocycles. The molecule has 4 unspecified atom stereocenters. The number of aromatic amines is 2. The van der Waals surface area contributed by atoms with E-state index in [9.17, 15) is 29.1 Å². The lowest BCUT2D eigenvalue weighted by Crippen LogP contribution is -2.58. The number of carbonyl (C=O) groups excluding carboxylic acids is 3. The first-order chi connectivity index (χ1) is 20.1. The van der Waals surface area contributed by atoms with Crippen molar-refractivity contribution in [3.63, 3.8) is 0 Å². The second-order valence-corrected chi connectivity index (χ2v) is 9.86. The van der Waals surface area contributed by atoms with Crippen LogP contribution in [0.2, 0.25) is 0 Å². The zero-order chi connectivity index (χ0) is 30.6. The predicted octanol–water partition coefficient (Wildman–Crippen LogP) is -0.854. The Balaban J connectivity index is 1.74. The zero-order valence-electron chi connectivity index (χ0n) is 22.8. The highest BCUT2D eigenvalue weighted by atomic mass is 16.4. The zero-order valence-corrected chi connectivity index (χ0v) is 22.8. The average Bonchev–Trinajstić information content (AvgIpc) is 3.61. The predicted molar refractivity (Wildman–Crippen MR) is 151 cm³/mol. The van der Waals surface area contributed by atoms with Gasteiger partial charge in [-0.25, -0.2) is 9.78 Å². The summed E-state index contributed by atoms with van der Waals surface area (Å²) in [6, 6.07) is 2.45. The molecular formula is C27H36N8O7. The third kappa shape index (κ3) is 9.14. The number of amides is 3. The number of rotatable bonds is 17. The van der Waals surface area contributed by atoms with Gasteiger partial charge in [0.15, 0.2) is 0 Å². The molecule has 42 heavy (non-hydrogen) atoms. The maximum Gasteiger partial charge on any atom is 0.326 e. The molecule has 0 fully saturated rings. The number of aliphatic carboxylic acids is 2. The molecular weight excluding hydrogens is 548 g/mol. The second kappa shape index (κ2) is 15.3. The van der Waals surface area contributed by atoms with Crippen LogP contribution < -0.4 is 27.4 Å². The number of unbranched alkanes of at least 4 members (excludes halogenated alkanes) is 1. The number of H-pyrrole nitrogens is 2. The van der Waals surface area contributed by atoms with Crippen LogP contribution in [0.1, 0.15) is 36.9 Å². The number of carboxylic acid groups (broad SMARTS) is 2. The number of hydrogen-bond donors (Lipinski definition) is 9.